The molecule has 5 nitrogen and oxygen atoms in total. The van der Waals surface area contributed by atoms with Crippen molar-refractivity contribution in [2.75, 3.05) is 11.4 Å². The molecule has 2 heterocycles. The molecule has 1 aliphatic heterocycles. The Morgan fingerprint density at radius 3 is 2.67 bits per heavy atom. The van der Waals surface area contributed by atoms with E-state index >= 15 is 0 Å². The standard InChI is InChI=1S/C19H18N2O3/c22-17(16-6-3-9-24-16)21-8-7-14(13-4-1-2-5-15(13)21)20-18(23)19-10-12(19)11-19/h1-6,9,12,14H,7-8,10-11H2,(H,20,23). The molecule has 2 fully saturated rings. The molecule has 2 saturated carbocycles. The van der Waals surface area contributed by atoms with Gasteiger partial charge in [0, 0.05) is 12.2 Å². The van der Waals surface area contributed by atoms with Crippen LogP contribution in [0.4, 0.5) is 5.69 Å². The van der Waals surface area contributed by atoms with Crippen LogP contribution in [-0.4, -0.2) is 18.4 Å². The van der Waals surface area contributed by atoms with Crippen molar-refractivity contribution in [2.24, 2.45) is 11.3 Å². The van der Waals surface area contributed by atoms with Crippen LogP contribution in [-0.2, 0) is 4.79 Å². The van der Waals surface area contributed by atoms with Crippen molar-refractivity contribution in [1.29, 1.82) is 0 Å². The highest BCUT2D eigenvalue weighted by molar-refractivity contribution is 6.05. The summed E-state index contributed by atoms with van der Waals surface area (Å²) in [4.78, 5) is 26.9. The molecule has 1 unspecified atom stereocenters. The average molecular weight is 322 g/mol. The second-order valence-corrected chi connectivity index (χ2v) is 7.07. The number of carbonyl (C=O) groups is 2. The molecule has 2 amide bonds. The number of rotatable bonds is 3. The van der Waals surface area contributed by atoms with Crippen molar-refractivity contribution in [1.82, 2.24) is 5.32 Å². The molecule has 5 heteroatoms. The summed E-state index contributed by atoms with van der Waals surface area (Å²) in [5, 5.41) is 3.21. The predicted octanol–water partition coefficient (Wildman–Crippen LogP) is 2.90. The third kappa shape index (κ3) is 1.94. The molecule has 24 heavy (non-hydrogen) atoms. The molecule has 1 aromatic heterocycles. The highest BCUT2D eigenvalue weighted by atomic mass is 16.3. The molecular weight excluding hydrogens is 304 g/mol. The summed E-state index contributed by atoms with van der Waals surface area (Å²) in [6.45, 7) is 0.567. The first kappa shape index (κ1) is 13.8. The number of hydrogen-bond donors (Lipinski definition) is 1. The zero-order valence-corrected chi connectivity index (χ0v) is 13.2. The van der Waals surface area contributed by atoms with Crippen molar-refractivity contribution in [3.63, 3.8) is 0 Å². The fourth-order valence-corrected chi connectivity index (χ4v) is 3.83. The number of fused-ring (bicyclic) bond motifs is 2. The maximum atomic E-state index is 12.7. The fourth-order valence-electron chi connectivity index (χ4n) is 3.83. The molecule has 0 saturated heterocycles. The number of benzene rings is 1. The Bertz CT molecular complexity index is 821. The van der Waals surface area contributed by atoms with E-state index in [1.807, 2.05) is 24.3 Å². The van der Waals surface area contributed by atoms with Gasteiger partial charge in [0.15, 0.2) is 5.76 Å². The minimum absolute atomic E-state index is 0.0226. The van der Waals surface area contributed by atoms with Gasteiger partial charge in [0.25, 0.3) is 5.91 Å². The van der Waals surface area contributed by atoms with Gasteiger partial charge in [-0.15, -0.1) is 0 Å². The largest absolute Gasteiger partial charge is 0.459 e. The van der Waals surface area contributed by atoms with E-state index in [-0.39, 0.29) is 23.3 Å². The van der Waals surface area contributed by atoms with Gasteiger partial charge in [0.2, 0.25) is 5.91 Å². The Morgan fingerprint density at radius 2 is 1.96 bits per heavy atom. The lowest BCUT2D eigenvalue weighted by molar-refractivity contribution is -0.125. The smallest absolute Gasteiger partial charge is 0.293 e. The van der Waals surface area contributed by atoms with Crippen molar-refractivity contribution in [3.05, 3.63) is 54.0 Å². The van der Waals surface area contributed by atoms with E-state index in [0.29, 0.717) is 18.2 Å². The summed E-state index contributed by atoms with van der Waals surface area (Å²) < 4.78 is 5.25. The van der Waals surface area contributed by atoms with E-state index in [1.54, 1.807) is 17.0 Å². The fraction of sp³-hybridized carbons (Fsp3) is 0.368. The van der Waals surface area contributed by atoms with Gasteiger partial charge in [0.05, 0.1) is 17.7 Å². The van der Waals surface area contributed by atoms with Crippen molar-refractivity contribution in [2.45, 2.75) is 25.3 Å². The molecule has 1 aromatic carbocycles. The van der Waals surface area contributed by atoms with Crippen molar-refractivity contribution < 1.29 is 14.0 Å². The van der Waals surface area contributed by atoms with E-state index in [9.17, 15) is 9.59 Å². The summed E-state index contributed by atoms with van der Waals surface area (Å²) in [5.74, 6) is 1.02. The topological polar surface area (TPSA) is 62.6 Å². The van der Waals surface area contributed by atoms with Gasteiger partial charge in [-0.05, 0) is 48.9 Å². The van der Waals surface area contributed by atoms with Crippen molar-refractivity contribution >= 4 is 17.5 Å². The van der Waals surface area contributed by atoms with Crippen LogP contribution < -0.4 is 10.2 Å². The molecule has 1 N–H and O–H groups in total. The first-order valence-electron chi connectivity index (χ1n) is 8.44. The Labute approximate surface area is 139 Å². The molecular formula is C19H18N2O3. The molecule has 0 radical (unpaired) electrons. The van der Waals surface area contributed by atoms with Crippen LogP contribution in [0.1, 0.15) is 41.4 Å². The Morgan fingerprint density at radius 1 is 1.17 bits per heavy atom. The first-order chi connectivity index (χ1) is 11.7. The van der Waals surface area contributed by atoms with E-state index in [1.165, 1.54) is 6.26 Å². The Balaban J connectivity index is 1.42. The number of nitrogens with zero attached hydrogens (tertiary/aromatic N) is 1. The van der Waals surface area contributed by atoms with Gasteiger partial charge in [-0.25, -0.2) is 0 Å². The lowest BCUT2D eigenvalue weighted by Crippen LogP contribution is -2.41. The second kappa shape index (κ2) is 4.72. The number of carbonyl (C=O) groups excluding carboxylic acids is 2. The number of furan rings is 1. The monoisotopic (exact) mass is 322 g/mol. The van der Waals surface area contributed by atoms with Crippen LogP contribution in [0.3, 0.4) is 0 Å². The van der Waals surface area contributed by atoms with Crippen molar-refractivity contribution in [3.8, 4) is 0 Å². The van der Waals surface area contributed by atoms with Gasteiger partial charge < -0.3 is 14.6 Å². The second-order valence-electron chi connectivity index (χ2n) is 7.07. The van der Waals surface area contributed by atoms with Crippen LogP contribution >= 0.6 is 0 Å². The zero-order valence-electron chi connectivity index (χ0n) is 13.2. The molecule has 2 aromatic rings. The normalized spacial score (nSPS) is 29.4. The SMILES string of the molecule is O=C(c1ccco1)N1CCC(NC(=O)C23CC2C3)c2ccccc21. The third-order valence-corrected chi connectivity index (χ3v) is 5.66. The molecule has 0 spiro atoms. The number of hydrogen-bond acceptors (Lipinski definition) is 3. The summed E-state index contributed by atoms with van der Waals surface area (Å²) in [6, 6.07) is 11.2. The summed E-state index contributed by atoms with van der Waals surface area (Å²) in [6.07, 6.45) is 4.33. The van der Waals surface area contributed by atoms with Gasteiger partial charge in [-0.2, -0.15) is 0 Å². The number of nitrogens with one attached hydrogen (secondary N) is 1. The number of anilines is 1. The van der Waals surface area contributed by atoms with E-state index in [4.69, 9.17) is 4.42 Å². The zero-order chi connectivity index (χ0) is 16.3. The number of para-hydroxylation sites is 1. The van der Waals surface area contributed by atoms with Gasteiger partial charge in [0.1, 0.15) is 0 Å². The Kier molecular flexibility index (Phi) is 2.72. The van der Waals surface area contributed by atoms with E-state index < -0.39 is 0 Å². The summed E-state index contributed by atoms with van der Waals surface area (Å²) >= 11 is 0. The highest BCUT2D eigenvalue weighted by Gasteiger charge is 2.74. The third-order valence-electron chi connectivity index (χ3n) is 5.66. The predicted molar refractivity (Wildman–Crippen MR) is 87.5 cm³/mol. The van der Waals surface area contributed by atoms with Crippen LogP contribution in [0, 0.1) is 11.3 Å². The minimum atomic E-state index is -0.139. The highest BCUT2D eigenvalue weighted by Crippen LogP contribution is 2.75. The molecule has 2 aliphatic carbocycles. The van der Waals surface area contributed by atoms with Gasteiger partial charge in [-0.1, -0.05) is 18.2 Å². The van der Waals surface area contributed by atoms with Crippen LogP contribution in [0.5, 0.6) is 0 Å². The molecule has 3 aliphatic rings. The quantitative estimate of drug-likeness (QED) is 0.945. The molecule has 0 bridgehead atoms. The van der Waals surface area contributed by atoms with Crippen LogP contribution in [0.15, 0.2) is 47.1 Å². The maximum absolute atomic E-state index is 12.7. The minimum Gasteiger partial charge on any atom is -0.459 e. The summed E-state index contributed by atoms with van der Waals surface area (Å²) in [5.41, 5.74) is 1.83. The molecule has 5 rings (SSSR count). The molecule has 122 valence electrons. The van der Waals surface area contributed by atoms with Crippen LogP contribution in [0.2, 0.25) is 0 Å². The maximum Gasteiger partial charge on any atom is 0.293 e. The Hall–Kier alpha value is -2.56. The lowest BCUT2D eigenvalue weighted by Gasteiger charge is -2.34. The van der Waals surface area contributed by atoms with Gasteiger partial charge >= 0.3 is 0 Å². The van der Waals surface area contributed by atoms with Gasteiger partial charge in [-0.3, -0.25) is 9.59 Å². The summed E-state index contributed by atoms with van der Waals surface area (Å²) in [7, 11) is 0. The van der Waals surface area contributed by atoms with E-state index in [0.717, 1.165) is 30.5 Å². The number of amides is 2. The first-order valence-corrected chi connectivity index (χ1v) is 8.44. The lowest BCUT2D eigenvalue weighted by atomic mass is 9.95. The van der Waals surface area contributed by atoms with Crippen LogP contribution in [0.25, 0.3) is 0 Å². The molecule has 1 atom stereocenters. The average Bonchev–Trinajstić information content (AvgIpc) is 3.40. The van der Waals surface area contributed by atoms with E-state index in [2.05, 4.69) is 5.32 Å².